The molecule has 1 amide bonds. The third-order valence-corrected chi connectivity index (χ3v) is 4.34. The summed E-state index contributed by atoms with van der Waals surface area (Å²) in [4.78, 5) is 40.9. The van der Waals surface area contributed by atoms with Gasteiger partial charge < -0.3 is 43.4 Å². The SMILES string of the molecule is NC(=O)CC[C@H](N)C(=O)O.N[C@@H](Cc1ccc(O)cc1)C(=O)O.N[C@@H](Cc1ccccc1)C(=O)O. The van der Waals surface area contributed by atoms with E-state index in [1.807, 2.05) is 30.3 Å². The summed E-state index contributed by atoms with van der Waals surface area (Å²) >= 11 is 0. The second kappa shape index (κ2) is 16.6. The molecule has 0 aliphatic carbocycles. The Morgan fingerprint density at radius 2 is 1.06 bits per heavy atom. The number of primary amides is 1. The van der Waals surface area contributed by atoms with E-state index in [0.29, 0.717) is 6.42 Å². The van der Waals surface area contributed by atoms with Crippen LogP contribution in [0.1, 0.15) is 24.0 Å². The first-order valence-electron chi connectivity index (χ1n) is 10.4. The van der Waals surface area contributed by atoms with Gasteiger partial charge in [-0.25, -0.2) is 0 Å². The lowest BCUT2D eigenvalue weighted by Crippen LogP contribution is -2.32. The number of hydrogen-bond acceptors (Lipinski definition) is 8. The van der Waals surface area contributed by atoms with Crippen LogP contribution in [0.4, 0.5) is 0 Å². The second-order valence-corrected chi connectivity index (χ2v) is 7.40. The maximum absolute atomic E-state index is 10.4. The summed E-state index contributed by atoms with van der Waals surface area (Å²) in [5.74, 6) is -3.46. The molecule has 0 fully saturated rings. The Hall–Kier alpha value is -4.00. The maximum Gasteiger partial charge on any atom is 0.320 e. The number of phenols is 1. The molecule has 0 aliphatic rings. The summed E-state index contributed by atoms with van der Waals surface area (Å²) in [7, 11) is 0. The lowest BCUT2D eigenvalue weighted by atomic mass is 10.1. The molecule has 12 heteroatoms. The number of aromatic hydroxyl groups is 1. The summed E-state index contributed by atoms with van der Waals surface area (Å²) < 4.78 is 0. The Morgan fingerprint density at radius 1 is 0.657 bits per heavy atom. The van der Waals surface area contributed by atoms with Crippen LogP contribution in [-0.2, 0) is 32.0 Å². The molecule has 0 aliphatic heterocycles. The normalized spacial score (nSPS) is 12.4. The van der Waals surface area contributed by atoms with Gasteiger partial charge in [0.2, 0.25) is 5.91 Å². The number of hydrogen-bond donors (Lipinski definition) is 8. The average Bonchev–Trinajstić information content (AvgIpc) is 2.80. The zero-order valence-corrected chi connectivity index (χ0v) is 19.0. The summed E-state index contributed by atoms with van der Waals surface area (Å²) in [6.45, 7) is 0. The standard InChI is InChI=1S/C9H11NO3.C9H11NO2.C5H10N2O3/c10-8(9(12)13)5-6-1-3-7(11)4-2-6;10-8(9(11)12)6-7-4-2-1-3-5-7;6-3(5(9)10)1-2-4(7)8/h1-4,8,11H,5,10H2,(H,12,13);1-5,8H,6,10H2,(H,11,12);3H,1-2,6H2,(H2,7,8)(H,9,10)/t2*8-;3-/m000/s1. The molecule has 0 saturated heterocycles. The maximum atomic E-state index is 10.4. The molecule has 0 aromatic heterocycles. The van der Waals surface area contributed by atoms with Gasteiger partial charge >= 0.3 is 17.9 Å². The number of aliphatic carboxylic acids is 3. The Balaban J connectivity index is 0.000000501. The molecule has 2 aromatic rings. The second-order valence-electron chi connectivity index (χ2n) is 7.40. The largest absolute Gasteiger partial charge is 0.508 e. The van der Waals surface area contributed by atoms with Crippen molar-refractivity contribution in [2.45, 2.75) is 43.8 Å². The average molecular weight is 493 g/mol. The molecule has 0 radical (unpaired) electrons. The molecule has 0 heterocycles. The van der Waals surface area contributed by atoms with Gasteiger partial charge in [-0.1, -0.05) is 42.5 Å². The molecule has 2 aromatic carbocycles. The minimum absolute atomic E-state index is 0.0213. The number of carboxylic acid groups (broad SMARTS) is 3. The van der Waals surface area contributed by atoms with E-state index < -0.39 is 41.9 Å². The lowest BCUT2D eigenvalue weighted by Gasteiger charge is -2.05. The molecule has 0 saturated carbocycles. The van der Waals surface area contributed by atoms with Crippen molar-refractivity contribution in [1.29, 1.82) is 0 Å². The van der Waals surface area contributed by atoms with E-state index in [2.05, 4.69) is 0 Å². The first-order chi connectivity index (χ1) is 16.3. The van der Waals surface area contributed by atoms with E-state index in [0.717, 1.165) is 11.1 Å². The van der Waals surface area contributed by atoms with Crippen molar-refractivity contribution in [3.8, 4) is 5.75 Å². The van der Waals surface area contributed by atoms with Gasteiger partial charge in [-0.05, 0) is 42.5 Å². The van der Waals surface area contributed by atoms with E-state index >= 15 is 0 Å². The van der Waals surface area contributed by atoms with Gasteiger partial charge in [0.25, 0.3) is 0 Å². The Morgan fingerprint density at radius 3 is 1.43 bits per heavy atom. The molecular weight excluding hydrogens is 460 g/mol. The van der Waals surface area contributed by atoms with Crippen molar-refractivity contribution in [3.63, 3.8) is 0 Å². The van der Waals surface area contributed by atoms with E-state index in [1.165, 1.54) is 12.1 Å². The van der Waals surface area contributed by atoms with E-state index in [4.69, 9.17) is 43.4 Å². The third kappa shape index (κ3) is 15.5. The fraction of sp³-hybridized carbons (Fsp3) is 0.304. The number of benzene rings is 2. The number of rotatable bonds is 10. The first-order valence-corrected chi connectivity index (χ1v) is 10.4. The van der Waals surface area contributed by atoms with E-state index in [-0.39, 0.29) is 25.0 Å². The Labute approximate surface area is 202 Å². The predicted molar refractivity (Wildman–Crippen MR) is 127 cm³/mol. The number of carbonyl (C=O) groups is 4. The number of nitrogens with two attached hydrogens (primary N) is 4. The van der Waals surface area contributed by atoms with Crippen LogP contribution in [0, 0.1) is 0 Å². The van der Waals surface area contributed by atoms with Crippen molar-refractivity contribution in [1.82, 2.24) is 0 Å². The van der Waals surface area contributed by atoms with E-state index in [1.54, 1.807) is 12.1 Å². The van der Waals surface area contributed by atoms with Gasteiger partial charge in [0.15, 0.2) is 0 Å². The van der Waals surface area contributed by atoms with Crippen LogP contribution in [0.5, 0.6) is 5.75 Å². The van der Waals surface area contributed by atoms with Crippen LogP contribution in [0.2, 0.25) is 0 Å². The van der Waals surface area contributed by atoms with Gasteiger partial charge in [0.1, 0.15) is 23.9 Å². The Kier molecular flexibility index (Phi) is 14.7. The minimum atomic E-state index is -1.11. The van der Waals surface area contributed by atoms with Crippen molar-refractivity contribution in [3.05, 3.63) is 65.7 Å². The van der Waals surface area contributed by atoms with Crippen molar-refractivity contribution in [2.75, 3.05) is 0 Å². The monoisotopic (exact) mass is 492 g/mol. The molecule has 12 nitrogen and oxygen atoms in total. The number of carboxylic acids is 3. The fourth-order valence-corrected chi connectivity index (χ4v) is 2.35. The molecular formula is C23H32N4O8. The van der Waals surface area contributed by atoms with Crippen LogP contribution in [-0.4, -0.2) is 62.4 Å². The van der Waals surface area contributed by atoms with Crippen molar-refractivity contribution in [2.24, 2.45) is 22.9 Å². The van der Waals surface area contributed by atoms with Crippen LogP contribution in [0.15, 0.2) is 54.6 Å². The molecule has 192 valence electrons. The minimum Gasteiger partial charge on any atom is -0.508 e. The predicted octanol–water partition coefficient (Wildman–Crippen LogP) is -0.349. The number of amides is 1. The molecule has 0 unspecified atom stereocenters. The number of carbonyl (C=O) groups excluding carboxylic acids is 1. The highest BCUT2D eigenvalue weighted by molar-refractivity contribution is 5.77. The van der Waals surface area contributed by atoms with Crippen molar-refractivity contribution < 1.29 is 39.6 Å². The highest BCUT2D eigenvalue weighted by atomic mass is 16.4. The van der Waals surface area contributed by atoms with E-state index in [9.17, 15) is 19.2 Å². The lowest BCUT2D eigenvalue weighted by molar-refractivity contribution is -0.139. The highest BCUT2D eigenvalue weighted by Gasteiger charge is 2.12. The Bertz CT molecular complexity index is 938. The zero-order valence-electron chi connectivity index (χ0n) is 19.0. The summed E-state index contributed by atoms with van der Waals surface area (Å²) in [6, 6.07) is 13.0. The van der Waals surface area contributed by atoms with Gasteiger partial charge in [-0.15, -0.1) is 0 Å². The quantitative estimate of drug-likeness (QED) is 0.213. The molecule has 12 N–H and O–H groups in total. The molecule has 0 bridgehead atoms. The van der Waals surface area contributed by atoms with Crippen LogP contribution in [0.25, 0.3) is 0 Å². The van der Waals surface area contributed by atoms with Gasteiger partial charge in [0, 0.05) is 6.42 Å². The molecule has 2 rings (SSSR count). The smallest absolute Gasteiger partial charge is 0.320 e. The zero-order chi connectivity index (χ0) is 27.0. The van der Waals surface area contributed by atoms with Crippen molar-refractivity contribution >= 4 is 23.8 Å². The first kappa shape index (κ1) is 31.0. The van der Waals surface area contributed by atoms with Gasteiger partial charge in [-0.3, -0.25) is 19.2 Å². The summed E-state index contributed by atoms with van der Waals surface area (Å²) in [5, 5.41) is 34.2. The van der Waals surface area contributed by atoms with Crippen LogP contribution in [0.3, 0.4) is 0 Å². The third-order valence-electron chi connectivity index (χ3n) is 4.34. The number of phenolic OH excluding ortho intramolecular Hbond substituents is 1. The molecule has 0 spiro atoms. The molecule has 3 atom stereocenters. The highest BCUT2D eigenvalue weighted by Crippen LogP contribution is 2.10. The van der Waals surface area contributed by atoms with Crippen LogP contribution >= 0.6 is 0 Å². The molecule has 35 heavy (non-hydrogen) atoms. The van der Waals surface area contributed by atoms with Gasteiger partial charge in [0.05, 0.1) is 0 Å². The summed E-state index contributed by atoms with van der Waals surface area (Å²) in [5.41, 5.74) is 22.2. The van der Waals surface area contributed by atoms with Gasteiger partial charge in [-0.2, -0.15) is 0 Å². The summed E-state index contributed by atoms with van der Waals surface area (Å²) in [6.07, 6.45) is 0.782. The topological polar surface area (TPSA) is 253 Å². The van der Waals surface area contributed by atoms with Crippen LogP contribution < -0.4 is 22.9 Å². The fourth-order valence-electron chi connectivity index (χ4n) is 2.35.